The van der Waals surface area contributed by atoms with Crippen LogP contribution in [0.4, 0.5) is 11.4 Å². The van der Waals surface area contributed by atoms with Crippen molar-refractivity contribution in [2.45, 2.75) is 25.7 Å². The number of fused-ring (bicyclic) bond motifs is 1. The predicted molar refractivity (Wildman–Crippen MR) is 150 cm³/mol. The number of halogens is 1. The van der Waals surface area contributed by atoms with Crippen LogP contribution in [0.1, 0.15) is 25.7 Å². The fourth-order valence-corrected chi connectivity index (χ4v) is 4.41. The lowest BCUT2D eigenvalue weighted by Gasteiger charge is -2.26. The van der Waals surface area contributed by atoms with Crippen LogP contribution in [0.2, 0.25) is 0 Å². The van der Waals surface area contributed by atoms with Gasteiger partial charge in [0.15, 0.2) is 0 Å². The van der Waals surface area contributed by atoms with Gasteiger partial charge in [0.05, 0.1) is 43.3 Å². The van der Waals surface area contributed by atoms with Crippen LogP contribution >= 0.6 is 11.6 Å². The van der Waals surface area contributed by atoms with Crippen molar-refractivity contribution < 1.29 is 9.47 Å². The molecule has 4 rings (SSSR count). The van der Waals surface area contributed by atoms with E-state index in [0.717, 1.165) is 96.4 Å². The van der Waals surface area contributed by atoms with Crippen LogP contribution in [0.15, 0.2) is 55.0 Å². The van der Waals surface area contributed by atoms with Crippen molar-refractivity contribution in [3.05, 3.63) is 55.0 Å². The summed E-state index contributed by atoms with van der Waals surface area (Å²) in [7, 11) is 5.23. The Morgan fingerprint density at radius 1 is 0.892 bits per heavy atom. The van der Waals surface area contributed by atoms with Gasteiger partial charge in [-0.25, -0.2) is 4.98 Å². The van der Waals surface area contributed by atoms with Crippen LogP contribution in [-0.4, -0.2) is 59.5 Å². The summed E-state index contributed by atoms with van der Waals surface area (Å²) in [4.78, 5) is 11.8. The first-order valence-corrected chi connectivity index (χ1v) is 13.2. The number of nitrogens with one attached hydrogen (secondary N) is 1. The lowest BCUT2D eigenvalue weighted by Crippen LogP contribution is -2.24. The molecule has 9 heteroatoms. The monoisotopic (exact) mass is 522 g/mol. The summed E-state index contributed by atoms with van der Waals surface area (Å²) in [5.74, 6) is 2.23. The molecule has 0 aliphatic carbocycles. The van der Waals surface area contributed by atoms with E-state index in [9.17, 15) is 0 Å². The quantitative estimate of drug-likeness (QED) is 0.171. The Bertz CT molecular complexity index is 1270. The van der Waals surface area contributed by atoms with Gasteiger partial charge in [0.25, 0.3) is 0 Å². The summed E-state index contributed by atoms with van der Waals surface area (Å²) < 4.78 is 12.9. The van der Waals surface area contributed by atoms with Crippen molar-refractivity contribution in [1.82, 2.24) is 25.1 Å². The molecule has 0 bridgehead atoms. The largest absolute Gasteiger partial charge is 0.497 e. The molecule has 2 aromatic carbocycles. The van der Waals surface area contributed by atoms with Gasteiger partial charge in [-0.2, -0.15) is 5.10 Å². The molecule has 0 fully saturated rings. The second kappa shape index (κ2) is 13.3. The number of hydrogen-bond acceptors (Lipinski definition) is 7. The first-order valence-electron chi connectivity index (χ1n) is 12.6. The lowest BCUT2D eigenvalue weighted by atomic mass is 10.1. The lowest BCUT2D eigenvalue weighted by molar-refractivity contribution is 0.394. The topological polar surface area (TPSA) is 77.3 Å². The minimum Gasteiger partial charge on any atom is -0.497 e. The molecule has 0 unspecified atom stereocenters. The highest BCUT2D eigenvalue weighted by Gasteiger charge is 2.14. The summed E-state index contributed by atoms with van der Waals surface area (Å²) in [5, 5.41) is 7.82. The molecule has 8 nitrogen and oxygen atoms in total. The van der Waals surface area contributed by atoms with Crippen LogP contribution in [0, 0.1) is 0 Å². The van der Waals surface area contributed by atoms with Gasteiger partial charge in [-0.1, -0.05) is 6.42 Å². The number of hydrogen-bond donors (Lipinski definition) is 1. The van der Waals surface area contributed by atoms with Crippen LogP contribution in [0.25, 0.3) is 22.3 Å². The maximum absolute atomic E-state index is 5.78. The van der Waals surface area contributed by atoms with Crippen molar-refractivity contribution in [3.8, 4) is 22.8 Å². The highest BCUT2D eigenvalue weighted by molar-refractivity contribution is 6.17. The van der Waals surface area contributed by atoms with E-state index in [1.165, 1.54) is 0 Å². The van der Waals surface area contributed by atoms with Gasteiger partial charge in [-0.05, 0) is 50.6 Å². The average Bonchev–Trinajstić information content (AvgIpc) is 3.37. The third-order valence-corrected chi connectivity index (χ3v) is 6.48. The van der Waals surface area contributed by atoms with Crippen LogP contribution < -0.4 is 19.7 Å². The number of benzene rings is 2. The third-order valence-electron chi connectivity index (χ3n) is 6.21. The highest BCUT2D eigenvalue weighted by atomic mass is 35.5. The normalized spacial score (nSPS) is 11.1. The number of rotatable bonds is 14. The predicted octanol–water partition coefficient (Wildman–Crippen LogP) is 5.57. The number of aromatic nitrogens is 4. The van der Waals surface area contributed by atoms with Crippen molar-refractivity contribution in [2.24, 2.45) is 7.05 Å². The number of ether oxygens (including phenoxy) is 2. The first-order chi connectivity index (χ1) is 18.1. The summed E-state index contributed by atoms with van der Waals surface area (Å²) in [6, 6.07) is 12.1. The summed E-state index contributed by atoms with van der Waals surface area (Å²) >= 11 is 5.78. The van der Waals surface area contributed by atoms with Crippen molar-refractivity contribution in [1.29, 1.82) is 0 Å². The van der Waals surface area contributed by atoms with Gasteiger partial charge in [-0.3, -0.25) is 9.67 Å². The first kappa shape index (κ1) is 26.7. The molecule has 0 saturated carbocycles. The second-order valence-corrected chi connectivity index (χ2v) is 9.28. The molecule has 2 aromatic heterocycles. The Morgan fingerprint density at radius 2 is 1.68 bits per heavy atom. The van der Waals surface area contributed by atoms with E-state index >= 15 is 0 Å². The molecule has 0 atom stereocenters. The third kappa shape index (κ3) is 7.11. The highest BCUT2D eigenvalue weighted by Crippen LogP contribution is 2.34. The minimum absolute atomic E-state index is 0.735. The molecule has 196 valence electrons. The molecular weight excluding hydrogens is 488 g/mol. The smallest absolute Gasteiger partial charge is 0.124 e. The zero-order valence-electron chi connectivity index (χ0n) is 21.8. The zero-order chi connectivity index (χ0) is 26.0. The molecule has 1 N–H and O–H groups in total. The van der Waals surface area contributed by atoms with Crippen molar-refractivity contribution in [2.75, 3.05) is 44.6 Å². The van der Waals surface area contributed by atoms with Gasteiger partial charge in [0.2, 0.25) is 0 Å². The zero-order valence-corrected chi connectivity index (χ0v) is 22.5. The molecule has 0 spiro atoms. The minimum atomic E-state index is 0.735. The van der Waals surface area contributed by atoms with Gasteiger partial charge in [0.1, 0.15) is 11.5 Å². The summed E-state index contributed by atoms with van der Waals surface area (Å²) in [5.41, 5.74) is 5.44. The van der Waals surface area contributed by atoms with Crippen LogP contribution in [-0.2, 0) is 7.05 Å². The van der Waals surface area contributed by atoms with Gasteiger partial charge in [-0.15, -0.1) is 11.6 Å². The van der Waals surface area contributed by atoms with Gasteiger partial charge in [0, 0.05) is 60.8 Å². The van der Waals surface area contributed by atoms with Gasteiger partial charge < -0.3 is 19.7 Å². The maximum atomic E-state index is 5.78. The van der Waals surface area contributed by atoms with E-state index in [4.69, 9.17) is 26.1 Å². The molecular formula is C28H35ClN6O2. The molecule has 0 aliphatic rings. The molecule has 0 saturated heterocycles. The number of nitrogens with zero attached hydrogens (tertiary/aromatic N) is 5. The molecule has 0 radical (unpaired) electrons. The Balaban J connectivity index is 1.60. The van der Waals surface area contributed by atoms with E-state index in [-0.39, 0.29) is 0 Å². The Labute approximate surface area is 223 Å². The fourth-order valence-electron chi connectivity index (χ4n) is 4.22. The summed E-state index contributed by atoms with van der Waals surface area (Å²) in [6.45, 7) is 2.75. The number of anilines is 2. The van der Waals surface area contributed by atoms with Crippen molar-refractivity contribution in [3.63, 3.8) is 0 Å². The molecule has 37 heavy (non-hydrogen) atoms. The molecule has 0 aliphatic heterocycles. The van der Waals surface area contributed by atoms with E-state index in [0.29, 0.717) is 0 Å². The van der Waals surface area contributed by atoms with Gasteiger partial charge >= 0.3 is 0 Å². The SMILES string of the molecule is COc1cc(OC)cc(N(CCCNCCCCCCl)c2ccc3ncc(-c4cnn(C)c4)nc3c2)c1. The Hall–Kier alpha value is -3.36. The number of alkyl halides is 1. The average molecular weight is 523 g/mol. The second-order valence-electron chi connectivity index (χ2n) is 8.91. The number of methoxy groups -OCH3 is 2. The standard InChI is InChI=1S/C28H35ClN6O2/c1-34-20-21(18-32-34)28-19-31-26-9-8-22(16-27(26)33-28)35(13-7-12-30-11-6-4-5-10-29)23-14-24(36-2)17-25(15-23)37-3/h8-9,14-20,30H,4-7,10-13H2,1-3H3. The number of aryl methyl sites for hydroxylation is 1. The molecule has 2 heterocycles. The number of unbranched alkanes of at least 4 members (excludes halogenated alkanes) is 2. The maximum Gasteiger partial charge on any atom is 0.124 e. The van der Waals surface area contributed by atoms with E-state index < -0.39 is 0 Å². The summed E-state index contributed by atoms with van der Waals surface area (Å²) in [6.07, 6.45) is 9.88. The Kier molecular flexibility index (Phi) is 9.57. The molecule has 0 amide bonds. The van der Waals surface area contributed by atoms with Crippen LogP contribution in [0.3, 0.4) is 0 Å². The molecule has 4 aromatic rings. The van der Waals surface area contributed by atoms with Crippen molar-refractivity contribution >= 4 is 34.0 Å². The van der Waals surface area contributed by atoms with E-state index in [1.807, 2.05) is 37.5 Å². The van der Waals surface area contributed by atoms with Crippen LogP contribution in [0.5, 0.6) is 11.5 Å². The fraction of sp³-hybridized carbons (Fsp3) is 0.393. The Morgan fingerprint density at radius 3 is 2.38 bits per heavy atom. The van der Waals surface area contributed by atoms with E-state index in [1.54, 1.807) is 31.3 Å². The van der Waals surface area contributed by atoms with E-state index in [2.05, 4.69) is 32.4 Å².